The average Bonchev–Trinajstić information content (AvgIpc) is 3.21. The fraction of sp³-hybridized carbons (Fsp3) is 0.348. The molecule has 32 heavy (non-hydrogen) atoms. The number of carbonyl (C=O) groups is 2. The zero-order valence-electron chi connectivity index (χ0n) is 17.7. The summed E-state index contributed by atoms with van der Waals surface area (Å²) in [5, 5.41) is 18.4. The maximum Gasteiger partial charge on any atom is 0.315 e. The van der Waals surface area contributed by atoms with E-state index in [-0.39, 0.29) is 5.71 Å². The van der Waals surface area contributed by atoms with Crippen molar-refractivity contribution in [1.29, 1.82) is 0 Å². The van der Waals surface area contributed by atoms with Crippen LogP contribution in [0, 0.1) is 5.92 Å². The van der Waals surface area contributed by atoms with Crippen LogP contribution < -0.4 is 15.2 Å². The summed E-state index contributed by atoms with van der Waals surface area (Å²) >= 11 is 6.43. The van der Waals surface area contributed by atoms with Gasteiger partial charge in [-0.25, -0.2) is 5.01 Å². The van der Waals surface area contributed by atoms with Gasteiger partial charge in [0.05, 0.1) is 23.9 Å². The summed E-state index contributed by atoms with van der Waals surface area (Å²) in [6.07, 6.45) is 3.08. The molecule has 2 unspecified atom stereocenters. The first kappa shape index (κ1) is 22.1. The molecule has 2 aromatic rings. The first-order chi connectivity index (χ1) is 15.5. The zero-order chi connectivity index (χ0) is 22.7. The lowest BCUT2D eigenvalue weighted by Gasteiger charge is -2.28. The van der Waals surface area contributed by atoms with Crippen LogP contribution in [0.1, 0.15) is 30.9 Å². The monoisotopic (exact) mass is 456 g/mol. The first-order valence-corrected chi connectivity index (χ1v) is 10.9. The van der Waals surface area contributed by atoms with E-state index in [0.717, 1.165) is 32.4 Å². The molecule has 2 heterocycles. The number of nitrogens with zero attached hydrogens (tertiary/aromatic N) is 3. The number of hydrazine groups is 1. The number of nitrogens with one attached hydrogen (secondary N) is 1. The van der Waals surface area contributed by atoms with Crippen molar-refractivity contribution in [2.24, 2.45) is 11.0 Å². The Morgan fingerprint density at radius 1 is 1.09 bits per heavy atom. The van der Waals surface area contributed by atoms with Gasteiger partial charge >= 0.3 is 5.97 Å². The molecule has 0 radical (unpaired) electrons. The van der Waals surface area contributed by atoms with E-state index in [1.54, 1.807) is 55.6 Å². The van der Waals surface area contributed by atoms with Gasteiger partial charge in [-0.3, -0.25) is 20.0 Å². The molecule has 1 fully saturated rings. The Balaban J connectivity index is 1.74. The maximum absolute atomic E-state index is 13.1. The van der Waals surface area contributed by atoms with Crippen LogP contribution in [0.15, 0.2) is 53.6 Å². The lowest BCUT2D eigenvalue weighted by Crippen LogP contribution is -2.49. The summed E-state index contributed by atoms with van der Waals surface area (Å²) in [6, 6.07) is 13.4. The highest BCUT2D eigenvalue weighted by Crippen LogP contribution is 2.42. The second-order valence-corrected chi connectivity index (χ2v) is 8.21. The number of hydrogen-bond acceptors (Lipinski definition) is 6. The van der Waals surface area contributed by atoms with Gasteiger partial charge in [0.15, 0.2) is 0 Å². The normalized spacial score (nSPS) is 21.2. The molecule has 0 aromatic heterocycles. The van der Waals surface area contributed by atoms with Crippen LogP contribution in [-0.4, -0.2) is 47.9 Å². The van der Waals surface area contributed by atoms with Crippen molar-refractivity contribution in [3.05, 3.63) is 59.1 Å². The van der Waals surface area contributed by atoms with Gasteiger partial charge in [-0.05, 0) is 42.7 Å². The van der Waals surface area contributed by atoms with Gasteiger partial charge in [-0.2, -0.15) is 5.10 Å². The molecule has 1 saturated heterocycles. The standard InChI is InChI=1S/C23H25ClN4O4/c1-32-16-11-9-15(10-12-16)21-19(23(30)31)20(22(29)26-27-13-5-2-6-14-27)25-28(21)18-8-4-3-7-17(18)24/h3-4,7-12,19,21H,2,5-6,13-14H2,1H3,(H,26,29)(H,30,31). The zero-order valence-corrected chi connectivity index (χ0v) is 18.5. The number of methoxy groups -OCH3 is 1. The summed E-state index contributed by atoms with van der Waals surface area (Å²) in [4.78, 5) is 25.6. The minimum absolute atomic E-state index is 0.0520. The third-order valence-electron chi connectivity index (χ3n) is 5.76. The fourth-order valence-electron chi connectivity index (χ4n) is 4.15. The molecule has 9 heteroatoms. The molecule has 168 valence electrons. The van der Waals surface area contributed by atoms with Gasteiger partial charge in [0.2, 0.25) is 0 Å². The van der Waals surface area contributed by atoms with Gasteiger partial charge in [0.25, 0.3) is 5.91 Å². The molecule has 4 rings (SSSR count). The third-order valence-corrected chi connectivity index (χ3v) is 6.08. The van der Waals surface area contributed by atoms with E-state index >= 15 is 0 Å². The number of benzene rings is 2. The maximum atomic E-state index is 13.1. The minimum Gasteiger partial charge on any atom is -0.497 e. The highest BCUT2D eigenvalue weighted by Gasteiger charge is 2.47. The summed E-state index contributed by atoms with van der Waals surface area (Å²) in [7, 11) is 1.56. The van der Waals surface area contributed by atoms with Gasteiger partial charge in [0.1, 0.15) is 17.4 Å². The number of anilines is 1. The summed E-state index contributed by atoms with van der Waals surface area (Å²) in [5.41, 5.74) is 4.00. The molecule has 2 aliphatic heterocycles. The molecule has 0 spiro atoms. The van der Waals surface area contributed by atoms with Crippen molar-refractivity contribution in [2.75, 3.05) is 25.2 Å². The Morgan fingerprint density at radius 2 is 1.78 bits per heavy atom. The fourth-order valence-corrected chi connectivity index (χ4v) is 4.37. The molecule has 2 aliphatic rings. The smallest absolute Gasteiger partial charge is 0.315 e. The molecule has 2 N–H and O–H groups in total. The lowest BCUT2D eigenvalue weighted by molar-refractivity contribution is -0.140. The molecule has 0 saturated carbocycles. The van der Waals surface area contributed by atoms with E-state index in [9.17, 15) is 14.7 Å². The molecular weight excluding hydrogens is 432 g/mol. The van der Waals surface area contributed by atoms with E-state index in [2.05, 4.69) is 10.5 Å². The quantitative estimate of drug-likeness (QED) is 0.691. The molecule has 2 atom stereocenters. The van der Waals surface area contributed by atoms with Crippen LogP contribution in [0.4, 0.5) is 5.69 Å². The Kier molecular flexibility index (Phi) is 6.62. The Labute approximate surface area is 191 Å². The number of piperidine rings is 1. The number of carboxylic acid groups (broad SMARTS) is 1. The predicted octanol–water partition coefficient (Wildman–Crippen LogP) is 3.48. The van der Waals surface area contributed by atoms with Crippen molar-refractivity contribution in [1.82, 2.24) is 10.4 Å². The molecule has 2 aromatic carbocycles. The number of aliphatic carboxylic acids is 1. The number of hydrogen-bond donors (Lipinski definition) is 2. The predicted molar refractivity (Wildman–Crippen MR) is 122 cm³/mol. The van der Waals surface area contributed by atoms with Gasteiger partial charge < -0.3 is 9.84 Å². The van der Waals surface area contributed by atoms with Crippen molar-refractivity contribution < 1.29 is 19.4 Å². The van der Waals surface area contributed by atoms with E-state index < -0.39 is 23.8 Å². The molecule has 0 bridgehead atoms. The molecule has 1 amide bonds. The third kappa shape index (κ3) is 4.42. The average molecular weight is 457 g/mol. The van der Waals surface area contributed by atoms with E-state index in [4.69, 9.17) is 16.3 Å². The number of halogens is 1. The van der Waals surface area contributed by atoms with Crippen LogP contribution in [0.3, 0.4) is 0 Å². The van der Waals surface area contributed by atoms with Crippen LogP contribution in [0.2, 0.25) is 5.02 Å². The van der Waals surface area contributed by atoms with Gasteiger partial charge in [0, 0.05) is 13.1 Å². The Morgan fingerprint density at radius 3 is 2.41 bits per heavy atom. The number of amides is 1. The number of carboxylic acids is 1. The summed E-state index contributed by atoms with van der Waals surface area (Å²) in [5.74, 6) is -2.17. The van der Waals surface area contributed by atoms with E-state index in [1.807, 2.05) is 5.01 Å². The molecular formula is C23H25ClN4O4. The second-order valence-electron chi connectivity index (χ2n) is 7.80. The molecule has 0 aliphatic carbocycles. The highest BCUT2D eigenvalue weighted by molar-refractivity contribution is 6.43. The van der Waals surface area contributed by atoms with Crippen LogP contribution in [0.25, 0.3) is 0 Å². The Hall–Kier alpha value is -3.10. The van der Waals surface area contributed by atoms with E-state index in [1.165, 1.54) is 5.01 Å². The summed E-state index contributed by atoms with van der Waals surface area (Å²) in [6.45, 7) is 1.46. The van der Waals surface area contributed by atoms with Crippen molar-refractivity contribution in [3.8, 4) is 5.75 Å². The number of rotatable bonds is 6. The second kappa shape index (κ2) is 9.58. The number of hydrazone groups is 1. The number of ether oxygens (including phenoxy) is 1. The SMILES string of the molecule is COc1ccc(C2C(C(=O)O)C(C(=O)NN3CCCCC3)=NN2c2ccccc2Cl)cc1. The Bertz CT molecular complexity index is 1020. The van der Waals surface area contributed by atoms with Crippen molar-refractivity contribution in [2.45, 2.75) is 25.3 Å². The number of carbonyl (C=O) groups excluding carboxylic acids is 1. The molecule has 8 nitrogen and oxygen atoms in total. The topological polar surface area (TPSA) is 94.5 Å². The van der Waals surface area contributed by atoms with Crippen LogP contribution >= 0.6 is 11.6 Å². The highest BCUT2D eigenvalue weighted by atomic mass is 35.5. The van der Waals surface area contributed by atoms with Crippen molar-refractivity contribution >= 4 is 34.9 Å². The summed E-state index contributed by atoms with van der Waals surface area (Å²) < 4.78 is 5.23. The van der Waals surface area contributed by atoms with Crippen molar-refractivity contribution in [3.63, 3.8) is 0 Å². The van der Waals surface area contributed by atoms with E-state index in [0.29, 0.717) is 22.0 Å². The van der Waals surface area contributed by atoms with Gasteiger partial charge in [-0.15, -0.1) is 0 Å². The number of para-hydroxylation sites is 1. The minimum atomic E-state index is -1.18. The first-order valence-electron chi connectivity index (χ1n) is 10.5. The largest absolute Gasteiger partial charge is 0.497 e. The van der Waals surface area contributed by atoms with Crippen LogP contribution in [-0.2, 0) is 9.59 Å². The van der Waals surface area contributed by atoms with Gasteiger partial charge in [-0.1, -0.05) is 42.3 Å². The van der Waals surface area contributed by atoms with Crippen LogP contribution in [0.5, 0.6) is 5.75 Å². The lowest BCUT2D eigenvalue weighted by atomic mass is 9.89.